The summed E-state index contributed by atoms with van der Waals surface area (Å²) in [4.78, 5) is 0. The highest BCUT2D eigenvalue weighted by Gasteiger charge is 2.70. The quantitative estimate of drug-likeness (QED) is 0.474. The maximum atomic E-state index is 9.38. The first-order valence-electron chi connectivity index (χ1n) is 3.70. The first-order chi connectivity index (χ1) is 4.34. The molecule has 0 heterocycles. The van der Waals surface area contributed by atoms with Crippen LogP contribution in [-0.4, -0.2) is 11.2 Å². The second-order valence-corrected chi connectivity index (χ2v) is 3.67. The summed E-state index contributed by atoms with van der Waals surface area (Å²) in [5, 5.41) is 9.38. The van der Waals surface area contributed by atoms with Gasteiger partial charge in [-0.05, 0) is 24.7 Å². The Bertz CT molecular complexity index is 197. The van der Waals surface area contributed by atoms with Crippen LogP contribution in [0.25, 0.3) is 0 Å². The van der Waals surface area contributed by atoms with Crippen molar-refractivity contribution in [3.63, 3.8) is 0 Å². The molecule has 0 saturated heterocycles. The van der Waals surface area contributed by atoms with Gasteiger partial charge in [0.1, 0.15) is 0 Å². The van der Waals surface area contributed by atoms with E-state index in [1.165, 1.54) is 6.42 Å². The van der Waals surface area contributed by atoms with Gasteiger partial charge in [0.15, 0.2) is 0 Å². The van der Waals surface area contributed by atoms with Crippen LogP contribution in [0.2, 0.25) is 0 Å². The summed E-state index contributed by atoms with van der Waals surface area (Å²) in [7, 11) is 0. The molecule has 2 fully saturated rings. The van der Waals surface area contributed by atoms with E-state index in [1.807, 2.05) is 0 Å². The van der Waals surface area contributed by atoms with Gasteiger partial charge in [-0.15, -0.1) is 0 Å². The highest BCUT2D eigenvalue weighted by atomic mass is 16.3. The van der Waals surface area contributed by atoms with E-state index in [2.05, 4.69) is 12.2 Å². The first kappa shape index (κ1) is 4.51. The molecular weight excluding hydrogens is 112 g/mol. The number of hydrogen-bond acceptors (Lipinski definition) is 1. The molecule has 0 amide bonds. The lowest BCUT2D eigenvalue weighted by Gasteiger charge is -2.39. The van der Waals surface area contributed by atoms with Crippen molar-refractivity contribution in [1.29, 1.82) is 0 Å². The number of hydrogen-bond donors (Lipinski definition) is 1. The second-order valence-electron chi connectivity index (χ2n) is 3.67. The highest BCUT2D eigenvalue weighted by molar-refractivity contribution is 5.32. The largest absolute Gasteiger partial charge is 0.392 e. The fourth-order valence-electron chi connectivity index (χ4n) is 2.67. The monoisotopic (exact) mass is 122 g/mol. The Morgan fingerprint density at radius 1 is 1.33 bits per heavy atom. The summed E-state index contributed by atoms with van der Waals surface area (Å²) in [5.74, 6) is 1.53. The van der Waals surface area contributed by atoms with Gasteiger partial charge < -0.3 is 5.11 Å². The van der Waals surface area contributed by atoms with Crippen LogP contribution >= 0.6 is 0 Å². The minimum absolute atomic E-state index is 0.0440. The van der Waals surface area contributed by atoms with Gasteiger partial charge in [0, 0.05) is 5.41 Å². The van der Waals surface area contributed by atoms with Gasteiger partial charge >= 0.3 is 0 Å². The van der Waals surface area contributed by atoms with E-state index in [9.17, 15) is 5.11 Å². The molecule has 0 aromatic heterocycles. The molecule has 0 aromatic carbocycles. The van der Waals surface area contributed by atoms with Crippen LogP contribution in [0.15, 0.2) is 12.2 Å². The minimum Gasteiger partial charge on any atom is -0.392 e. The van der Waals surface area contributed by atoms with Crippen LogP contribution < -0.4 is 0 Å². The Morgan fingerprint density at radius 3 is 2.56 bits per heavy atom. The Balaban J connectivity index is 2.04. The Kier molecular flexibility index (Phi) is 0.495. The van der Waals surface area contributed by atoms with Crippen LogP contribution in [0.4, 0.5) is 0 Å². The van der Waals surface area contributed by atoms with Crippen molar-refractivity contribution in [3.05, 3.63) is 12.2 Å². The molecule has 0 unspecified atom stereocenters. The lowest BCUT2D eigenvalue weighted by molar-refractivity contribution is -0.0328. The molecule has 9 heavy (non-hydrogen) atoms. The lowest BCUT2D eigenvalue weighted by atomic mass is 9.69. The van der Waals surface area contributed by atoms with E-state index >= 15 is 0 Å². The van der Waals surface area contributed by atoms with E-state index in [1.54, 1.807) is 0 Å². The molecule has 3 aliphatic rings. The number of aliphatic hydroxyl groups excluding tert-OH is 1. The van der Waals surface area contributed by atoms with Crippen LogP contribution in [0, 0.1) is 17.3 Å². The molecule has 3 rings (SSSR count). The van der Waals surface area contributed by atoms with Crippen LogP contribution in [0.5, 0.6) is 0 Å². The van der Waals surface area contributed by atoms with Gasteiger partial charge in [-0.25, -0.2) is 0 Å². The predicted octanol–water partition coefficient (Wildman–Crippen LogP) is 0.943. The molecule has 1 spiro atoms. The zero-order valence-electron chi connectivity index (χ0n) is 5.25. The lowest BCUT2D eigenvalue weighted by Crippen LogP contribution is -2.41. The third-order valence-electron chi connectivity index (χ3n) is 3.47. The third-order valence-corrected chi connectivity index (χ3v) is 3.47. The predicted molar refractivity (Wildman–Crippen MR) is 33.8 cm³/mol. The summed E-state index contributed by atoms with van der Waals surface area (Å²) in [6.45, 7) is 0. The van der Waals surface area contributed by atoms with Crippen molar-refractivity contribution in [2.75, 3.05) is 0 Å². The van der Waals surface area contributed by atoms with E-state index in [4.69, 9.17) is 0 Å². The standard InChI is InChI=1S/C8H10O/c9-7-3-5-1-2-6-4-8(5,6)7/h1-2,5-7,9H,3-4H2/t5-,6-,7+,8+/m0/s1. The van der Waals surface area contributed by atoms with Gasteiger partial charge in [0.2, 0.25) is 0 Å². The zero-order chi connectivity index (χ0) is 6.06. The van der Waals surface area contributed by atoms with Crippen molar-refractivity contribution in [3.8, 4) is 0 Å². The van der Waals surface area contributed by atoms with Gasteiger partial charge in [-0.1, -0.05) is 12.2 Å². The zero-order valence-corrected chi connectivity index (χ0v) is 5.25. The van der Waals surface area contributed by atoms with Gasteiger partial charge in [-0.3, -0.25) is 0 Å². The van der Waals surface area contributed by atoms with Crippen molar-refractivity contribution < 1.29 is 5.11 Å². The third kappa shape index (κ3) is 0.284. The van der Waals surface area contributed by atoms with Crippen molar-refractivity contribution in [1.82, 2.24) is 0 Å². The van der Waals surface area contributed by atoms with Crippen LogP contribution in [0.1, 0.15) is 12.8 Å². The SMILES string of the molecule is O[C@@H]1C[C@@H]2C=C[C@H]3C[C@@]123. The van der Waals surface area contributed by atoms with Gasteiger partial charge in [-0.2, -0.15) is 0 Å². The van der Waals surface area contributed by atoms with Crippen molar-refractivity contribution >= 4 is 0 Å². The van der Waals surface area contributed by atoms with Gasteiger partial charge in [0.25, 0.3) is 0 Å². The smallest absolute Gasteiger partial charge is 0.0613 e. The molecule has 1 heteroatoms. The molecule has 48 valence electrons. The molecule has 1 nitrogen and oxygen atoms in total. The Labute approximate surface area is 54.4 Å². The molecule has 0 aliphatic heterocycles. The van der Waals surface area contributed by atoms with E-state index in [0.29, 0.717) is 5.41 Å². The maximum absolute atomic E-state index is 9.38. The second kappa shape index (κ2) is 0.988. The first-order valence-corrected chi connectivity index (χ1v) is 3.70. The van der Waals surface area contributed by atoms with E-state index in [-0.39, 0.29) is 6.10 Å². The van der Waals surface area contributed by atoms with Crippen molar-refractivity contribution in [2.45, 2.75) is 18.9 Å². The fraction of sp³-hybridized carbons (Fsp3) is 0.750. The summed E-state index contributed by atoms with van der Waals surface area (Å²) in [6, 6.07) is 0. The summed E-state index contributed by atoms with van der Waals surface area (Å²) in [5.41, 5.74) is 0.403. The minimum atomic E-state index is 0.0440. The molecule has 2 saturated carbocycles. The van der Waals surface area contributed by atoms with Crippen LogP contribution in [0.3, 0.4) is 0 Å². The van der Waals surface area contributed by atoms with Crippen LogP contribution in [-0.2, 0) is 0 Å². The van der Waals surface area contributed by atoms with Crippen molar-refractivity contribution in [2.24, 2.45) is 17.3 Å². The molecule has 3 aliphatic carbocycles. The Morgan fingerprint density at radius 2 is 2.11 bits per heavy atom. The molecule has 0 radical (unpaired) electrons. The highest BCUT2D eigenvalue weighted by Crippen LogP contribution is 2.72. The fourth-order valence-corrected chi connectivity index (χ4v) is 2.67. The average molecular weight is 122 g/mol. The summed E-state index contributed by atoms with van der Waals surface area (Å²) < 4.78 is 0. The van der Waals surface area contributed by atoms with E-state index in [0.717, 1.165) is 18.3 Å². The van der Waals surface area contributed by atoms with E-state index < -0.39 is 0 Å². The average Bonchev–Trinajstić information content (AvgIpc) is 2.52. The Hall–Kier alpha value is -0.300. The maximum Gasteiger partial charge on any atom is 0.0613 e. The number of rotatable bonds is 0. The molecular formula is C8H10O. The topological polar surface area (TPSA) is 20.2 Å². The van der Waals surface area contributed by atoms with Gasteiger partial charge in [0.05, 0.1) is 6.10 Å². The molecule has 4 atom stereocenters. The molecule has 1 N–H and O–H groups in total. The summed E-state index contributed by atoms with van der Waals surface area (Å²) in [6.07, 6.45) is 6.94. The number of allylic oxidation sites excluding steroid dienone is 2. The molecule has 0 aromatic rings. The normalized spacial score (nSPS) is 66.6. The number of aliphatic hydroxyl groups is 1. The molecule has 0 bridgehead atoms. The summed E-state index contributed by atoms with van der Waals surface area (Å²) >= 11 is 0.